The standard InChI is InChI=1S/C7H11NO/c9-6-8-7-4-2-1-3-5-7/h6H,1-5H2. The first kappa shape index (κ1) is 6.46. The highest BCUT2D eigenvalue weighted by atomic mass is 16.1. The van der Waals surface area contributed by atoms with Crippen LogP contribution in [0, 0.1) is 0 Å². The quantitative estimate of drug-likeness (QED) is 0.489. The topological polar surface area (TPSA) is 29.4 Å². The Hall–Kier alpha value is -0.660. The lowest BCUT2D eigenvalue weighted by atomic mass is 9.99. The third-order valence-electron chi connectivity index (χ3n) is 1.67. The van der Waals surface area contributed by atoms with Gasteiger partial charge in [-0.25, -0.2) is 4.99 Å². The predicted octanol–water partition coefficient (Wildman–Crippen LogP) is 1.55. The third-order valence-corrected chi connectivity index (χ3v) is 1.67. The minimum Gasteiger partial charge on any atom is -0.276 e. The van der Waals surface area contributed by atoms with Crippen molar-refractivity contribution in [3.8, 4) is 0 Å². The molecular weight excluding hydrogens is 114 g/mol. The normalized spacial score (nSPS) is 19.3. The first-order chi connectivity index (χ1) is 4.43. The summed E-state index contributed by atoms with van der Waals surface area (Å²) < 4.78 is 0. The summed E-state index contributed by atoms with van der Waals surface area (Å²) in [4.78, 5) is 13.6. The maximum atomic E-state index is 9.89. The molecule has 0 heterocycles. The van der Waals surface area contributed by atoms with Crippen molar-refractivity contribution in [2.45, 2.75) is 32.1 Å². The van der Waals surface area contributed by atoms with E-state index in [1.165, 1.54) is 19.3 Å². The second-order valence-corrected chi connectivity index (χ2v) is 2.36. The molecule has 0 aromatic heterocycles. The molecule has 0 aliphatic heterocycles. The van der Waals surface area contributed by atoms with E-state index in [0.717, 1.165) is 18.6 Å². The maximum Gasteiger partial charge on any atom is 0.232 e. The second-order valence-electron chi connectivity index (χ2n) is 2.36. The van der Waals surface area contributed by atoms with E-state index in [1.54, 1.807) is 0 Å². The number of hydrogen-bond acceptors (Lipinski definition) is 1. The van der Waals surface area contributed by atoms with Gasteiger partial charge in [0, 0.05) is 5.71 Å². The van der Waals surface area contributed by atoms with E-state index in [4.69, 9.17) is 0 Å². The molecule has 1 aliphatic rings. The van der Waals surface area contributed by atoms with Crippen molar-refractivity contribution in [2.75, 3.05) is 0 Å². The van der Waals surface area contributed by atoms with Crippen LogP contribution in [0.25, 0.3) is 0 Å². The number of nitrogens with zero attached hydrogens (tertiary/aromatic N) is 1. The third kappa shape index (κ3) is 1.96. The highest BCUT2D eigenvalue weighted by Gasteiger charge is 2.04. The molecule has 9 heavy (non-hydrogen) atoms. The minimum atomic E-state index is 0.653. The first-order valence-electron chi connectivity index (χ1n) is 3.42. The van der Waals surface area contributed by atoms with Crippen molar-refractivity contribution >= 4 is 12.1 Å². The van der Waals surface area contributed by atoms with Gasteiger partial charge >= 0.3 is 0 Å². The van der Waals surface area contributed by atoms with Crippen molar-refractivity contribution < 1.29 is 4.79 Å². The lowest BCUT2D eigenvalue weighted by Gasteiger charge is -2.09. The SMILES string of the molecule is O=CN=C1CCCCC1. The summed E-state index contributed by atoms with van der Waals surface area (Å²) in [6.07, 6.45) is 6.47. The van der Waals surface area contributed by atoms with E-state index in [9.17, 15) is 4.79 Å². The zero-order valence-electron chi connectivity index (χ0n) is 5.47. The summed E-state index contributed by atoms with van der Waals surface area (Å²) in [7, 11) is 0. The van der Waals surface area contributed by atoms with Gasteiger partial charge in [0.05, 0.1) is 0 Å². The van der Waals surface area contributed by atoms with Gasteiger partial charge in [-0.1, -0.05) is 6.42 Å². The van der Waals surface area contributed by atoms with Crippen molar-refractivity contribution in [2.24, 2.45) is 4.99 Å². The number of rotatable bonds is 1. The van der Waals surface area contributed by atoms with E-state index in [-0.39, 0.29) is 0 Å². The summed E-state index contributed by atoms with van der Waals surface area (Å²) in [6, 6.07) is 0. The molecule has 1 rings (SSSR count). The summed E-state index contributed by atoms with van der Waals surface area (Å²) in [5, 5.41) is 0. The molecule has 0 aromatic carbocycles. The zero-order valence-corrected chi connectivity index (χ0v) is 5.47. The number of carbonyl (C=O) groups excluding carboxylic acids is 1. The van der Waals surface area contributed by atoms with Crippen LogP contribution in [-0.4, -0.2) is 12.1 Å². The van der Waals surface area contributed by atoms with Gasteiger partial charge < -0.3 is 0 Å². The molecular formula is C7H11NO. The van der Waals surface area contributed by atoms with Crippen LogP contribution >= 0.6 is 0 Å². The van der Waals surface area contributed by atoms with Gasteiger partial charge in [0.2, 0.25) is 6.41 Å². The van der Waals surface area contributed by atoms with Crippen LogP contribution in [0.2, 0.25) is 0 Å². The lowest BCUT2D eigenvalue weighted by Crippen LogP contribution is -2.04. The fourth-order valence-electron chi connectivity index (χ4n) is 1.16. The molecule has 2 nitrogen and oxygen atoms in total. The molecule has 0 saturated heterocycles. The van der Waals surface area contributed by atoms with Crippen LogP contribution < -0.4 is 0 Å². The Balaban J connectivity index is 2.39. The molecule has 0 atom stereocenters. The molecule has 0 spiro atoms. The average Bonchev–Trinajstić information content (AvgIpc) is 1.91. The highest BCUT2D eigenvalue weighted by molar-refractivity contribution is 5.89. The fraction of sp³-hybridized carbons (Fsp3) is 0.714. The Kier molecular flexibility index (Phi) is 2.43. The van der Waals surface area contributed by atoms with Crippen LogP contribution in [0.3, 0.4) is 0 Å². The summed E-state index contributed by atoms with van der Waals surface area (Å²) in [6.45, 7) is 0. The van der Waals surface area contributed by atoms with E-state index >= 15 is 0 Å². The van der Waals surface area contributed by atoms with E-state index in [1.807, 2.05) is 0 Å². The molecule has 2 heteroatoms. The van der Waals surface area contributed by atoms with Crippen LogP contribution in [0.15, 0.2) is 4.99 Å². The molecule has 1 saturated carbocycles. The van der Waals surface area contributed by atoms with Crippen LogP contribution in [0.1, 0.15) is 32.1 Å². The van der Waals surface area contributed by atoms with Crippen LogP contribution in [0.4, 0.5) is 0 Å². The van der Waals surface area contributed by atoms with Crippen LogP contribution in [-0.2, 0) is 4.79 Å². The molecule has 0 N–H and O–H groups in total. The van der Waals surface area contributed by atoms with Gasteiger partial charge in [0.25, 0.3) is 0 Å². The second kappa shape index (κ2) is 3.38. The summed E-state index contributed by atoms with van der Waals surface area (Å²) in [5.41, 5.74) is 1.09. The Morgan fingerprint density at radius 1 is 1.22 bits per heavy atom. The molecule has 1 aliphatic carbocycles. The summed E-state index contributed by atoms with van der Waals surface area (Å²) in [5.74, 6) is 0. The lowest BCUT2D eigenvalue weighted by molar-refractivity contribution is -0.106. The monoisotopic (exact) mass is 125 g/mol. The van der Waals surface area contributed by atoms with E-state index < -0.39 is 0 Å². The van der Waals surface area contributed by atoms with E-state index in [0.29, 0.717) is 6.41 Å². The number of aliphatic imine (C=N–C) groups is 1. The molecule has 0 unspecified atom stereocenters. The number of hydrogen-bond donors (Lipinski definition) is 0. The van der Waals surface area contributed by atoms with Crippen molar-refractivity contribution in [1.82, 2.24) is 0 Å². The van der Waals surface area contributed by atoms with Gasteiger partial charge in [0.15, 0.2) is 0 Å². The molecule has 0 radical (unpaired) electrons. The van der Waals surface area contributed by atoms with Gasteiger partial charge in [-0.15, -0.1) is 0 Å². The van der Waals surface area contributed by atoms with Crippen molar-refractivity contribution in [3.63, 3.8) is 0 Å². The van der Waals surface area contributed by atoms with Gasteiger partial charge in [-0.2, -0.15) is 0 Å². The molecule has 0 aromatic rings. The number of carbonyl (C=O) groups is 1. The molecule has 1 amide bonds. The number of amides is 1. The van der Waals surface area contributed by atoms with Gasteiger partial charge in [0.1, 0.15) is 0 Å². The van der Waals surface area contributed by atoms with Gasteiger partial charge in [-0.3, -0.25) is 4.79 Å². The highest BCUT2D eigenvalue weighted by Crippen LogP contribution is 2.13. The zero-order chi connectivity index (χ0) is 6.53. The largest absolute Gasteiger partial charge is 0.276 e. The Morgan fingerprint density at radius 3 is 2.44 bits per heavy atom. The average molecular weight is 125 g/mol. The molecule has 1 fully saturated rings. The Bertz CT molecular complexity index is 121. The van der Waals surface area contributed by atoms with Crippen molar-refractivity contribution in [3.05, 3.63) is 0 Å². The summed E-state index contributed by atoms with van der Waals surface area (Å²) >= 11 is 0. The predicted molar refractivity (Wildman–Crippen MR) is 36.6 cm³/mol. The molecule has 50 valence electrons. The fourth-order valence-corrected chi connectivity index (χ4v) is 1.16. The Morgan fingerprint density at radius 2 is 1.89 bits per heavy atom. The smallest absolute Gasteiger partial charge is 0.232 e. The van der Waals surface area contributed by atoms with E-state index in [2.05, 4.69) is 4.99 Å². The van der Waals surface area contributed by atoms with Crippen LogP contribution in [0.5, 0.6) is 0 Å². The van der Waals surface area contributed by atoms with Crippen molar-refractivity contribution in [1.29, 1.82) is 0 Å². The first-order valence-corrected chi connectivity index (χ1v) is 3.42. The molecule has 0 bridgehead atoms. The maximum absolute atomic E-state index is 9.89. The van der Waals surface area contributed by atoms with Gasteiger partial charge in [-0.05, 0) is 25.7 Å². The Labute approximate surface area is 55.0 Å². The minimum absolute atomic E-state index is 0.653.